The Morgan fingerprint density at radius 1 is 1.04 bits per heavy atom. The lowest BCUT2D eigenvalue weighted by molar-refractivity contribution is 0.318. The van der Waals surface area contributed by atoms with Gasteiger partial charge in [0.25, 0.3) is 0 Å². The molecule has 0 saturated carbocycles. The minimum absolute atomic E-state index is 0.171. The van der Waals surface area contributed by atoms with Gasteiger partial charge in [0.1, 0.15) is 0 Å². The number of aryl methyl sites for hydroxylation is 1. The van der Waals surface area contributed by atoms with Crippen molar-refractivity contribution in [2.75, 3.05) is 5.32 Å². The molecule has 2 aromatic carbocycles. The summed E-state index contributed by atoms with van der Waals surface area (Å²) >= 11 is 0. The zero-order chi connectivity index (χ0) is 20.0. The normalized spacial score (nSPS) is 12.1. The lowest BCUT2D eigenvalue weighted by atomic mass is 9.97. The molecular weight excluding hydrogens is 350 g/mol. The van der Waals surface area contributed by atoms with E-state index >= 15 is 0 Å². The number of hydrogen-bond donors (Lipinski definition) is 2. The lowest BCUT2D eigenvalue weighted by Crippen LogP contribution is -2.31. The quantitative estimate of drug-likeness (QED) is 0.508. The predicted molar refractivity (Wildman–Crippen MR) is 112 cm³/mol. The zero-order valence-electron chi connectivity index (χ0n) is 16.9. The van der Waals surface area contributed by atoms with Gasteiger partial charge in [0.15, 0.2) is 11.8 Å². The molecule has 0 radical (unpaired) electrons. The minimum Gasteiger partial charge on any atom is -0.349 e. The standard InChI is InChI=1S/C22H27N5O/c1-16-10-12-17(13-11-16)14-23-21(25-18-8-6-5-7-9-18)24-15-19-26-20(28-27-19)22(2,3)4/h5-13H,14-15H2,1-4H3,(H2,23,24,25). The van der Waals surface area contributed by atoms with Gasteiger partial charge in [-0.3, -0.25) is 0 Å². The van der Waals surface area contributed by atoms with Gasteiger partial charge in [-0.15, -0.1) is 0 Å². The Hall–Kier alpha value is -3.15. The van der Waals surface area contributed by atoms with Crippen LogP contribution in [0.4, 0.5) is 5.69 Å². The summed E-state index contributed by atoms with van der Waals surface area (Å²) in [5, 5.41) is 10.7. The van der Waals surface area contributed by atoms with Crippen molar-refractivity contribution in [1.82, 2.24) is 15.5 Å². The molecule has 28 heavy (non-hydrogen) atoms. The molecule has 0 fully saturated rings. The van der Waals surface area contributed by atoms with E-state index in [4.69, 9.17) is 9.52 Å². The average molecular weight is 377 g/mol. The molecule has 1 aromatic heterocycles. The summed E-state index contributed by atoms with van der Waals surface area (Å²) in [6, 6.07) is 18.3. The van der Waals surface area contributed by atoms with Crippen LogP contribution in [0.5, 0.6) is 0 Å². The maximum absolute atomic E-state index is 5.36. The molecule has 6 heteroatoms. The molecule has 0 unspecified atom stereocenters. The van der Waals surface area contributed by atoms with Crippen LogP contribution in [0.15, 0.2) is 64.1 Å². The molecule has 0 aliphatic carbocycles. The Kier molecular flexibility index (Phi) is 6.09. The summed E-state index contributed by atoms with van der Waals surface area (Å²) in [5.41, 5.74) is 3.17. The summed E-state index contributed by atoms with van der Waals surface area (Å²) < 4.78 is 5.36. The second kappa shape index (κ2) is 8.69. The summed E-state index contributed by atoms with van der Waals surface area (Å²) in [6.07, 6.45) is 0. The average Bonchev–Trinajstić information content (AvgIpc) is 3.16. The van der Waals surface area contributed by atoms with Gasteiger partial charge < -0.3 is 15.2 Å². The van der Waals surface area contributed by atoms with Gasteiger partial charge in [-0.25, -0.2) is 4.99 Å². The number of nitrogens with one attached hydrogen (secondary N) is 2. The Morgan fingerprint density at radius 2 is 1.75 bits per heavy atom. The number of rotatable bonds is 5. The summed E-state index contributed by atoms with van der Waals surface area (Å²) in [6.45, 7) is 9.21. The summed E-state index contributed by atoms with van der Waals surface area (Å²) in [5.74, 6) is 1.88. The number of anilines is 1. The third kappa shape index (κ3) is 5.67. The number of benzene rings is 2. The largest absolute Gasteiger partial charge is 0.349 e. The molecule has 0 bridgehead atoms. The van der Waals surface area contributed by atoms with Gasteiger partial charge in [-0.1, -0.05) is 74.0 Å². The molecular formula is C22H27N5O. The van der Waals surface area contributed by atoms with Crippen molar-refractivity contribution in [3.63, 3.8) is 0 Å². The number of para-hydroxylation sites is 1. The molecule has 6 nitrogen and oxygen atoms in total. The molecule has 0 spiro atoms. The fourth-order valence-corrected chi connectivity index (χ4v) is 2.45. The van der Waals surface area contributed by atoms with Crippen LogP contribution in [0.1, 0.15) is 43.6 Å². The predicted octanol–water partition coefficient (Wildman–Crippen LogP) is 4.43. The molecule has 0 aliphatic heterocycles. The van der Waals surface area contributed by atoms with Crippen molar-refractivity contribution >= 4 is 11.6 Å². The van der Waals surface area contributed by atoms with Gasteiger partial charge in [0, 0.05) is 11.1 Å². The van der Waals surface area contributed by atoms with Crippen LogP contribution in [0.3, 0.4) is 0 Å². The van der Waals surface area contributed by atoms with Crippen LogP contribution in [0.2, 0.25) is 0 Å². The van der Waals surface area contributed by atoms with Crippen molar-refractivity contribution < 1.29 is 4.52 Å². The van der Waals surface area contributed by atoms with Crippen LogP contribution < -0.4 is 10.6 Å². The number of aromatic nitrogens is 2. The smallest absolute Gasteiger partial charge is 0.232 e. The third-order valence-corrected chi connectivity index (χ3v) is 4.10. The molecule has 2 N–H and O–H groups in total. The van der Waals surface area contributed by atoms with Gasteiger partial charge in [-0.05, 0) is 24.6 Å². The second-order valence-corrected chi connectivity index (χ2v) is 7.76. The Morgan fingerprint density at radius 3 is 2.39 bits per heavy atom. The van der Waals surface area contributed by atoms with Gasteiger partial charge in [-0.2, -0.15) is 4.98 Å². The number of aliphatic imine (C=N–C) groups is 1. The van der Waals surface area contributed by atoms with E-state index in [-0.39, 0.29) is 5.41 Å². The van der Waals surface area contributed by atoms with Crippen molar-refractivity contribution in [3.8, 4) is 0 Å². The lowest BCUT2D eigenvalue weighted by Gasteiger charge is -2.12. The first-order valence-corrected chi connectivity index (χ1v) is 9.39. The van der Waals surface area contributed by atoms with Crippen molar-refractivity contribution in [1.29, 1.82) is 0 Å². The Balaban J connectivity index is 1.71. The first kappa shape index (κ1) is 19.6. The van der Waals surface area contributed by atoms with Crippen LogP contribution in [0, 0.1) is 6.92 Å². The summed E-state index contributed by atoms with van der Waals surface area (Å²) in [4.78, 5) is 9.16. The Bertz CT molecular complexity index is 908. The molecule has 0 saturated heterocycles. The maximum atomic E-state index is 5.36. The van der Waals surface area contributed by atoms with Crippen molar-refractivity contribution in [3.05, 3.63) is 77.4 Å². The molecule has 0 amide bonds. The van der Waals surface area contributed by atoms with Gasteiger partial charge in [0.2, 0.25) is 5.89 Å². The van der Waals surface area contributed by atoms with Gasteiger partial charge in [0.05, 0.1) is 13.1 Å². The molecule has 1 heterocycles. The van der Waals surface area contributed by atoms with Crippen molar-refractivity contribution in [2.24, 2.45) is 4.99 Å². The molecule has 0 atom stereocenters. The van der Waals surface area contributed by atoms with E-state index in [0.29, 0.717) is 30.8 Å². The first-order chi connectivity index (χ1) is 13.4. The third-order valence-electron chi connectivity index (χ3n) is 4.10. The first-order valence-electron chi connectivity index (χ1n) is 9.39. The van der Waals surface area contributed by atoms with E-state index in [1.54, 1.807) is 0 Å². The molecule has 0 aliphatic rings. The van der Waals surface area contributed by atoms with Crippen LogP contribution >= 0.6 is 0 Å². The molecule has 3 rings (SSSR count). The summed E-state index contributed by atoms with van der Waals surface area (Å²) in [7, 11) is 0. The number of guanidine groups is 1. The zero-order valence-corrected chi connectivity index (χ0v) is 16.9. The molecule has 3 aromatic rings. The monoisotopic (exact) mass is 377 g/mol. The van der Waals surface area contributed by atoms with E-state index < -0.39 is 0 Å². The minimum atomic E-state index is -0.171. The number of hydrogen-bond acceptors (Lipinski definition) is 4. The highest BCUT2D eigenvalue weighted by Gasteiger charge is 2.21. The van der Waals surface area contributed by atoms with Gasteiger partial charge >= 0.3 is 0 Å². The fraction of sp³-hybridized carbons (Fsp3) is 0.318. The van der Waals surface area contributed by atoms with Crippen LogP contribution in [-0.4, -0.2) is 16.1 Å². The maximum Gasteiger partial charge on any atom is 0.232 e. The topological polar surface area (TPSA) is 75.3 Å². The molecule has 146 valence electrons. The highest BCUT2D eigenvalue weighted by Crippen LogP contribution is 2.19. The SMILES string of the molecule is Cc1ccc(CN=C(NCc2noc(C(C)(C)C)n2)Nc2ccccc2)cc1. The van der Waals surface area contributed by atoms with Crippen LogP contribution in [-0.2, 0) is 18.5 Å². The van der Waals surface area contributed by atoms with Crippen LogP contribution in [0.25, 0.3) is 0 Å². The highest BCUT2D eigenvalue weighted by molar-refractivity contribution is 5.93. The van der Waals surface area contributed by atoms with E-state index in [1.807, 2.05) is 51.1 Å². The second-order valence-electron chi connectivity index (χ2n) is 7.76. The van der Waals surface area contributed by atoms with E-state index in [0.717, 1.165) is 11.3 Å². The van der Waals surface area contributed by atoms with Crippen molar-refractivity contribution in [2.45, 2.75) is 46.2 Å². The van der Waals surface area contributed by atoms with E-state index in [2.05, 4.69) is 52.0 Å². The van der Waals surface area contributed by atoms with E-state index in [1.165, 1.54) is 5.56 Å². The fourth-order valence-electron chi connectivity index (χ4n) is 2.45. The highest BCUT2D eigenvalue weighted by atomic mass is 16.5. The Labute approximate surface area is 166 Å². The van der Waals surface area contributed by atoms with E-state index in [9.17, 15) is 0 Å². The number of nitrogens with zero attached hydrogens (tertiary/aromatic N) is 3.